The van der Waals surface area contributed by atoms with Crippen molar-refractivity contribution in [1.29, 1.82) is 0 Å². The number of alkyl halides is 3. The fourth-order valence-corrected chi connectivity index (χ4v) is 4.85. The van der Waals surface area contributed by atoms with Crippen LogP contribution in [0.2, 0.25) is 0 Å². The zero-order valence-corrected chi connectivity index (χ0v) is 24.8. The maximum absolute atomic E-state index is 13.7. The van der Waals surface area contributed by atoms with Gasteiger partial charge in [-0.25, -0.2) is 13.8 Å². The van der Waals surface area contributed by atoms with Gasteiger partial charge in [0.15, 0.2) is 0 Å². The Balaban J connectivity index is 1.37. The molecule has 0 aliphatic heterocycles. The average Bonchev–Trinajstić information content (AvgIpc) is 3.48. The van der Waals surface area contributed by atoms with Crippen LogP contribution in [-0.4, -0.2) is 40.7 Å². The van der Waals surface area contributed by atoms with Crippen molar-refractivity contribution in [3.8, 4) is 45.6 Å². The first-order valence-corrected chi connectivity index (χ1v) is 14.6. The van der Waals surface area contributed by atoms with E-state index in [-0.39, 0.29) is 17.3 Å². The topological polar surface area (TPSA) is 39.5 Å². The molecule has 0 fully saturated rings. The van der Waals surface area contributed by atoms with Gasteiger partial charge >= 0.3 is 6.18 Å². The highest BCUT2D eigenvalue weighted by atomic mass is 19.4. The number of ether oxygens (including phenoxy) is 2. The number of benzene rings is 4. The zero-order chi connectivity index (χ0) is 32.0. The average molecular weight is 622 g/mol. The minimum absolute atomic E-state index is 0.148. The van der Waals surface area contributed by atoms with Crippen molar-refractivity contribution >= 4 is 0 Å². The van der Waals surface area contributed by atoms with Crippen LogP contribution < -0.4 is 9.47 Å². The van der Waals surface area contributed by atoms with Gasteiger partial charge in [0.1, 0.15) is 34.7 Å². The summed E-state index contributed by atoms with van der Waals surface area (Å²) in [5.74, 6) is -0.317. The molecule has 0 amide bonds. The summed E-state index contributed by atoms with van der Waals surface area (Å²) in [6.45, 7) is 7.90. The van der Waals surface area contributed by atoms with E-state index in [0.29, 0.717) is 35.4 Å². The summed E-state index contributed by atoms with van der Waals surface area (Å²) in [6, 6.07) is 22.7. The fourth-order valence-electron chi connectivity index (χ4n) is 4.85. The standard InChI is InChI=1S/C35H32F5N3O2/c1-3-42(4-2)20-5-21-44-28-14-8-24(9-15-28)33-23-43(34(41-33)25-6-10-26(36)11-7-25)27-12-16-29(17-13-27)45-30-18-19-32(37)31(22-30)35(38,39)40/h6-19,22-23H,3-5,20-21H2,1-2H3. The Labute approximate surface area is 258 Å². The molecule has 0 saturated carbocycles. The van der Waals surface area contributed by atoms with Crippen LogP contribution in [0.15, 0.2) is 97.2 Å². The van der Waals surface area contributed by atoms with Crippen LogP contribution in [-0.2, 0) is 6.18 Å². The smallest absolute Gasteiger partial charge is 0.419 e. The van der Waals surface area contributed by atoms with Crippen LogP contribution in [0.1, 0.15) is 25.8 Å². The van der Waals surface area contributed by atoms with E-state index in [1.807, 2.05) is 35.0 Å². The van der Waals surface area contributed by atoms with Gasteiger partial charge in [0.05, 0.1) is 17.9 Å². The fraction of sp³-hybridized carbons (Fsp3) is 0.229. The lowest BCUT2D eigenvalue weighted by molar-refractivity contribution is -0.140. The van der Waals surface area contributed by atoms with Crippen molar-refractivity contribution in [1.82, 2.24) is 14.5 Å². The molecule has 5 nitrogen and oxygen atoms in total. The van der Waals surface area contributed by atoms with Gasteiger partial charge in [-0.15, -0.1) is 0 Å². The number of rotatable bonds is 12. The van der Waals surface area contributed by atoms with E-state index in [9.17, 15) is 22.0 Å². The lowest BCUT2D eigenvalue weighted by atomic mass is 10.1. The van der Waals surface area contributed by atoms with E-state index in [1.165, 1.54) is 12.1 Å². The Morgan fingerprint density at radius 1 is 0.756 bits per heavy atom. The molecule has 5 rings (SSSR count). The second-order valence-electron chi connectivity index (χ2n) is 10.3. The first kappa shape index (κ1) is 31.7. The van der Waals surface area contributed by atoms with E-state index in [2.05, 4.69) is 18.7 Å². The monoisotopic (exact) mass is 621 g/mol. The molecule has 0 aliphatic rings. The highest BCUT2D eigenvalue weighted by molar-refractivity contribution is 5.68. The summed E-state index contributed by atoms with van der Waals surface area (Å²) in [5.41, 5.74) is 1.49. The number of nitrogens with zero attached hydrogens (tertiary/aromatic N) is 3. The molecule has 0 unspecified atom stereocenters. The summed E-state index contributed by atoms with van der Waals surface area (Å²) >= 11 is 0. The van der Waals surface area contributed by atoms with Crippen molar-refractivity contribution in [3.63, 3.8) is 0 Å². The van der Waals surface area contributed by atoms with Crippen LogP contribution in [0.5, 0.6) is 17.2 Å². The molecule has 5 aromatic rings. The number of hydrogen-bond acceptors (Lipinski definition) is 4. The zero-order valence-electron chi connectivity index (χ0n) is 24.8. The lowest BCUT2D eigenvalue weighted by Crippen LogP contribution is -2.25. The largest absolute Gasteiger partial charge is 0.494 e. The van der Waals surface area contributed by atoms with Crippen molar-refractivity contribution in [2.24, 2.45) is 0 Å². The van der Waals surface area contributed by atoms with Gasteiger partial charge < -0.3 is 14.4 Å². The van der Waals surface area contributed by atoms with Crippen LogP contribution in [0, 0.1) is 11.6 Å². The van der Waals surface area contributed by atoms with Gasteiger partial charge in [-0.2, -0.15) is 13.2 Å². The van der Waals surface area contributed by atoms with Crippen molar-refractivity contribution < 1.29 is 31.4 Å². The Hall–Kier alpha value is -4.70. The minimum atomic E-state index is -4.85. The van der Waals surface area contributed by atoms with Crippen molar-refractivity contribution in [3.05, 3.63) is 114 Å². The highest BCUT2D eigenvalue weighted by Gasteiger charge is 2.34. The summed E-state index contributed by atoms with van der Waals surface area (Å²) < 4.78 is 80.1. The van der Waals surface area contributed by atoms with Crippen molar-refractivity contribution in [2.75, 3.05) is 26.2 Å². The highest BCUT2D eigenvalue weighted by Crippen LogP contribution is 2.35. The van der Waals surface area contributed by atoms with E-state index < -0.39 is 17.6 Å². The van der Waals surface area contributed by atoms with Crippen LogP contribution in [0.3, 0.4) is 0 Å². The predicted octanol–water partition coefficient (Wildman–Crippen LogP) is 9.41. The van der Waals surface area contributed by atoms with Crippen LogP contribution in [0.4, 0.5) is 22.0 Å². The van der Waals surface area contributed by atoms with Gasteiger partial charge in [-0.1, -0.05) is 13.8 Å². The Bertz CT molecular complexity index is 1700. The molecule has 10 heteroatoms. The van der Waals surface area contributed by atoms with Gasteiger partial charge in [0, 0.05) is 29.6 Å². The van der Waals surface area contributed by atoms with Gasteiger partial charge in [-0.05, 0) is 111 Å². The Morgan fingerprint density at radius 2 is 1.38 bits per heavy atom. The second kappa shape index (κ2) is 13.9. The quantitative estimate of drug-likeness (QED) is 0.103. The number of aromatic nitrogens is 2. The first-order chi connectivity index (χ1) is 21.6. The van der Waals surface area contributed by atoms with Gasteiger partial charge in [-0.3, -0.25) is 4.57 Å². The third kappa shape index (κ3) is 7.88. The normalized spacial score (nSPS) is 11.6. The molecule has 4 aromatic carbocycles. The first-order valence-electron chi connectivity index (χ1n) is 14.6. The summed E-state index contributed by atoms with van der Waals surface area (Å²) in [5, 5.41) is 0. The SMILES string of the molecule is CCN(CC)CCCOc1ccc(-c2cn(-c3ccc(Oc4ccc(F)c(C(F)(F)F)c4)cc3)c(-c3ccc(F)cc3)n2)cc1. The molecular weight excluding hydrogens is 589 g/mol. The number of imidazole rings is 1. The van der Waals surface area contributed by atoms with Crippen LogP contribution in [0.25, 0.3) is 28.3 Å². The van der Waals surface area contributed by atoms with E-state index >= 15 is 0 Å². The molecule has 0 radical (unpaired) electrons. The molecule has 0 spiro atoms. The Morgan fingerprint density at radius 3 is 2.02 bits per heavy atom. The third-order valence-electron chi connectivity index (χ3n) is 7.33. The molecule has 0 aliphatic carbocycles. The van der Waals surface area contributed by atoms with E-state index in [4.69, 9.17) is 14.5 Å². The van der Waals surface area contributed by atoms with Gasteiger partial charge in [0.2, 0.25) is 0 Å². The van der Waals surface area contributed by atoms with Crippen LogP contribution >= 0.6 is 0 Å². The van der Waals surface area contributed by atoms with E-state index in [1.54, 1.807) is 36.4 Å². The predicted molar refractivity (Wildman–Crippen MR) is 164 cm³/mol. The molecule has 234 valence electrons. The van der Waals surface area contributed by atoms with E-state index in [0.717, 1.165) is 49.5 Å². The minimum Gasteiger partial charge on any atom is -0.494 e. The summed E-state index contributed by atoms with van der Waals surface area (Å²) in [6.07, 6.45) is -2.07. The molecule has 0 saturated heterocycles. The molecular formula is C35H32F5N3O2. The number of hydrogen-bond donors (Lipinski definition) is 0. The maximum atomic E-state index is 13.7. The molecule has 1 heterocycles. The number of halogens is 5. The lowest BCUT2D eigenvalue weighted by Gasteiger charge is -2.17. The molecule has 45 heavy (non-hydrogen) atoms. The second-order valence-corrected chi connectivity index (χ2v) is 10.3. The Kier molecular flexibility index (Phi) is 9.83. The molecule has 1 aromatic heterocycles. The van der Waals surface area contributed by atoms with Crippen molar-refractivity contribution in [2.45, 2.75) is 26.4 Å². The molecule has 0 atom stereocenters. The summed E-state index contributed by atoms with van der Waals surface area (Å²) in [7, 11) is 0. The molecule has 0 bridgehead atoms. The van der Waals surface area contributed by atoms with Gasteiger partial charge in [0.25, 0.3) is 0 Å². The maximum Gasteiger partial charge on any atom is 0.419 e. The third-order valence-corrected chi connectivity index (χ3v) is 7.33. The summed E-state index contributed by atoms with van der Waals surface area (Å²) in [4.78, 5) is 7.20. The molecule has 0 N–H and O–H groups in total.